The summed E-state index contributed by atoms with van der Waals surface area (Å²) in [5, 5.41) is 6.34. The first kappa shape index (κ1) is 28.8. The first-order valence-electron chi connectivity index (χ1n) is 12.3. The molecule has 2 N–H and O–H groups in total. The third-order valence-electron chi connectivity index (χ3n) is 5.86. The molecule has 0 radical (unpaired) electrons. The topological polar surface area (TPSA) is 103 Å². The average Bonchev–Trinajstić information content (AvgIpc) is 2.89. The second kappa shape index (κ2) is 12.7. The largest absolute Gasteiger partial charge is 0.467 e. The summed E-state index contributed by atoms with van der Waals surface area (Å²) in [4.78, 5) is 38.8. The average molecular weight is 539 g/mol. The molecule has 38 heavy (non-hydrogen) atoms. The second-order valence-electron chi connectivity index (χ2n) is 9.80. The van der Waals surface area contributed by atoms with E-state index in [-0.39, 0.29) is 19.6 Å². The van der Waals surface area contributed by atoms with Crippen LogP contribution in [-0.2, 0) is 25.6 Å². The zero-order valence-electron chi connectivity index (χ0n) is 22.0. The quantitative estimate of drug-likeness (QED) is 0.187. The minimum Gasteiger partial charge on any atom is -0.467 e. The molecule has 0 saturated heterocycles. The zero-order chi connectivity index (χ0) is 27.8. The number of benzene rings is 3. The summed E-state index contributed by atoms with van der Waals surface area (Å²) in [6.45, 7) is 5.25. The van der Waals surface area contributed by atoms with Crippen LogP contribution in [0.2, 0.25) is 0 Å². The lowest BCUT2D eigenvalue weighted by Gasteiger charge is -2.37. The van der Waals surface area contributed by atoms with Crippen molar-refractivity contribution < 1.29 is 28.6 Å². The van der Waals surface area contributed by atoms with Gasteiger partial charge in [0, 0.05) is 13.0 Å². The summed E-state index contributed by atoms with van der Waals surface area (Å²) in [7, 11) is 1.24. The molecule has 0 aliphatic heterocycles. The van der Waals surface area contributed by atoms with Crippen molar-refractivity contribution in [1.29, 1.82) is 0 Å². The Morgan fingerprint density at radius 3 is 2.24 bits per heavy atom. The third-order valence-corrected chi connectivity index (χ3v) is 6.58. The van der Waals surface area contributed by atoms with Crippen molar-refractivity contribution in [2.24, 2.45) is 0 Å². The van der Waals surface area contributed by atoms with Crippen LogP contribution in [0.1, 0.15) is 43.6 Å². The minimum absolute atomic E-state index is 0.00555. The van der Waals surface area contributed by atoms with Gasteiger partial charge < -0.3 is 24.8 Å². The number of carbonyl (C=O) groups excluding carboxylic acids is 3. The number of hydrogen-bond donors (Lipinski definition) is 3. The SMILES string of the molecule is COC(=O)[C@@](CCNC(=O)OC(C)(C)C)(NC(=O)OCc1ccccc1)[C@@H](S)c1cccc2ccccc12. The molecule has 3 rings (SSSR count). The van der Waals surface area contributed by atoms with Gasteiger partial charge in [-0.3, -0.25) is 0 Å². The molecule has 0 heterocycles. The summed E-state index contributed by atoms with van der Waals surface area (Å²) in [6, 6.07) is 22.5. The number of hydrogen-bond acceptors (Lipinski definition) is 7. The van der Waals surface area contributed by atoms with Crippen LogP contribution in [0.5, 0.6) is 0 Å². The van der Waals surface area contributed by atoms with Crippen molar-refractivity contribution in [3.8, 4) is 0 Å². The van der Waals surface area contributed by atoms with E-state index in [1.807, 2.05) is 72.8 Å². The van der Waals surface area contributed by atoms with Crippen LogP contribution in [0.15, 0.2) is 72.8 Å². The van der Waals surface area contributed by atoms with Crippen LogP contribution < -0.4 is 10.6 Å². The van der Waals surface area contributed by atoms with Crippen molar-refractivity contribution in [2.75, 3.05) is 13.7 Å². The van der Waals surface area contributed by atoms with Gasteiger partial charge in [0.25, 0.3) is 0 Å². The number of alkyl carbamates (subject to hydrolysis) is 2. The summed E-state index contributed by atoms with van der Waals surface area (Å²) in [6.07, 6.45) is -1.52. The van der Waals surface area contributed by atoms with Crippen LogP contribution in [0, 0.1) is 0 Å². The van der Waals surface area contributed by atoms with Gasteiger partial charge in [0.1, 0.15) is 12.2 Å². The first-order chi connectivity index (χ1) is 18.1. The molecule has 0 bridgehead atoms. The molecule has 0 aliphatic carbocycles. The number of amides is 2. The molecule has 2 amide bonds. The van der Waals surface area contributed by atoms with Crippen LogP contribution >= 0.6 is 12.6 Å². The summed E-state index contributed by atoms with van der Waals surface area (Å²) in [5.41, 5.74) is -0.894. The Bertz CT molecular complexity index is 1260. The molecule has 0 spiro atoms. The van der Waals surface area contributed by atoms with Crippen molar-refractivity contribution >= 4 is 41.6 Å². The summed E-state index contributed by atoms with van der Waals surface area (Å²) < 4.78 is 15.9. The smallest absolute Gasteiger partial charge is 0.408 e. The highest BCUT2D eigenvalue weighted by atomic mass is 32.1. The molecule has 0 saturated carbocycles. The maximum absolute atomic E-state index is 13.4. The fourth-order valence-corrected chi connectivity index (χ4v) is 4.61. The van der Waals surface area contributed by atoms with E-state index in [1.165, 1.54) is 7.11 Å². The molecule has 0 aromatic heterocycles. The number of rotatable bonds is 9. The molecule has 3 aromatic rings. The number of ether oxygens (including phenoxy) is 3. The number of thiol groups is 1. The van der Waals surface area contributed by atoms with Gasteiger partial charge in [0.15, 0.2) is 5.54 Å². The van der Waals surface area contributed by atoms with Gasteiger partial charge in [-0.15, -0.1) is 0 Å². The fraction of sp³-hybridized carbons (Fsp3) is 0.345. The van der Waals surface area contributed by atoms with E-state index < -0.39 is 34.5 Å². The number of esters is 1. The molecule has 9 heteroatoms. The van der Waals surface area contributed by atoms with Gasteiger partial charge in [-0.1, -0.05) is 72.8 Å². The van der Waals surface area contributed by atoms with Gasteiger partial charge in [-0.05, 0) is 42.7 Å². The summed E-state index contributed by atoms with van der Waals surface area (Å²) in [5.74, 6) is -0.729. The molecule has 8 nitrogen and oxygen atoms in total. The Morgan fingerprint density at radius 2 is 1.55 bits per heavy atom. The standard InChI is InChI=1S/C29H34N2O6S/c1-28(2,3)37-26(33)30-18-17-29(25(32)35-4,31-27(34)36-19-20-11-6-5-7-12-20)24(38)23-16-10-14-21-13-8-9-15-22(21)23/h5-16,24,38H,17-19H2,1-4H3,(H,30,33)(H,31,34)/t24-,29-/m0/s1. The summed E-state index contributed by atoms with van der Waals surface area (Å²) >= 11 is 4.86. The highest BCUT2D eigenvalue weighted by Crippen LogP contribution is 2.39. The van der Waals surface area contributed by atoms with Gasteiger partial charge >= 0.3 is 18.2 Å². The highest BCUT2D eigenvalue weighted by molar-refractivity contribution is 7.80. The maximum Gasteiger partial charge on any atom is 0.408 e. The molecule has 0 unspecified atom stereocenters. The first-order valence-corrected chi connectivity index (χ1v) is 12.8. The lowest BCUT2D eigenvalue weighted by atomic mass is 9.84. The molecule has 0 fully saturated rings. The second-order valence-corrected chi connectivity index (χ2v) is 10.3. The minimum atomic E-state index is -1.69. The number of methoxy groups -OCH3 is 1. The van der Waals surface area contributed by atoms with Gasteiger partial charge in [0.05, 0.1) is 12.4 Å². The molecule has 2 atom stereocenters. The van der Waals surface area contributed by atoms with Gasteiger partial charge in [0.2, 0.25) is 0 Å². The van der Waals surface area contributed by atoms with Crippen LogP contribution in [-0.4, -0.2) is 43.0 Å². The zero-order valence-corrected chi connectivity index (χ0v) is 22.9. The lowest BCUT2D eigenvalue weighted by Crippen LogP contribution is -2.59. The van der Waals surface area contributed by atoms with E-state index in [2.05, 4.69) is 10.6 Å². The van der Waals surface area contributed by atoms with E-state index in [9.17, 15) is 14.4 Å². The van der Waals surface area contributed by atoms with Crippen LogP contribution in [0.3, 0.4) is 0 Å². The molecular weight excluding hydrogens is 504 g/mol. The molecule has 3 aromatic carbocycles. The number of fused-ring (bicyclic) bond motifs is 1. The maximum atomic E-state index is 13.4. The normalized spacial score (nSPS) is 13.6. The van der Waals surface area contributed by atoms with E-state index >= 15 is 0 Å². The van der Waals surface area contributed by atoms with Gasteiger partial charge in [-0.25, -0.2) is 14.4 Å². The highest BCUT2D eigenvalue weighted by Gasteiger charge is 2.48. The predicted octanol–water partition coefficient (Wildman–Crippen LogP) is 5.56. The monoisotopic (exact) mass is 538 g/mol. The Kier molecular flexibility index (Phi) is 9.63. The van der Waals surface area contributed by atoms with Crippen molar-refractivity contribution in [1.82, 2.24) is 10.6 Å². The van der Waals surface area contributed by atoms with E-state index in [4.69, 9.17) is 26.8 Å². The van der Waals surface area contributed by atoms with E-state index in [0.29, 0.717) is 5.56 Å². The number of nitrogens with one attached hydrogen (secondary N) is 2. The molecule has 202 valence electrons. The van der Waals surface area contributed by atoms with Gasteiger partial charge in [-0.2, -0.15) is 12.6 Å². The van der Waals surface area contributed by atoms with Crippen molar-refractivity contribution in [2.45, 2.75) is 50.2 Å². The van der Waals surface area contributed by atoms with Crippen molar-refractivity contribution in [3.05, 3.63) is 83.9 Å². The van der Waals surface area contributed by atoms with E-state index in [1.54, 1.807) is 20.8 Å². The lowest BCUT2D eigenvalue weighted by molar-refractivity contribution is -0.148. The fourth-order valence-electron chi connectivity index (χ4n) is 4.09. The molecular formula is C29H34N2O6S. The molecule has 0 aliphatic rings. The number of carbonyl (C=O) groups is 3. The Balaban J connectivity index is 1.94. The third kappa shape index (κ3) is 7.41. The Labute approximate surface area is 228 Å². The predicted molar refractivity (Wildman–Crippen MR) is 149 cm³/mol. The van der Waals surface area contributed by atoms with Crippen LogP contribution in [0.25, 0.3) is 10.8 Å². The Hall–Kier alpha value is -3.72. The van der Waals surface area contributed by atoms with Crippen molar-refractivity contribution in [3.63, 3.8) is 0 Å². The van der Waals surface area contributed by atoms with Crippen LogP contribution in [0.4, 0.5) is 9.59 Å². The Morgan fingerprint density at radius 1 is 0.895 bits per heavy atom. The van der Waals surface area contributed by atoms with E-state index in [0.717, 1.165) is 16.3 Å².